The first-order valence-corrected chi connectivity index (χ1v) is 3.77. The number of H-pyrrole nitrogens is 1. The minimum atomic E-state index is -4.09. The van der Waals surface area contributed by atoms with Gasteiger partial charge in [0.2, 0.25) is 0 Å². The van der Waals surface area contributed by atoms with Crippen LogP contribution in [0.2, 0.25) is 0 Å². The standard InChI is InChI=1S/C3H5N2O3P/c6-9(7,8)3-1-2-4-5-3/h1-2H,(H,4,5)(H2,6,7,8). The molecule has 3 N–H and O–H groups in total. The number of aromatic amines is 1. The molecule has 0 saturated heterocycles. The van der Waals surface area contributed by atoms with Gasteiger partial charge in [-0.2, -0.15) is 5.10 Å². The van der Waals surface area contributed by atoms with E-state index in [0.717, 1.165) is 0 Å². The summed E-state index contributed by atoms with van der Waals surface area (Å²) < 4.78 is 10.3. The fraction of sp³-hybridized carbons (Fsp3) is 0. The molecule has 9 heavy (non-hydrogen) atoms. The first kappa shape index (κ1) is 6.48. The van der Waals surface area contributed by atoms with Crippen LogP contribution in [-0.2, 0) is 4.57 Å². The third-order valence-electron chi connectivity index (χ3n) is 0.800. The van der Waals surface area contributed by atoms with Crippen LogP contribution in [0.3, 0.4) is 0 Å². The highest BCUT2D eigenvalue weighted by atomic mass is 31.2. The number of hydrogen-bond acceptors (Lipinski definition) is 2. The Morgan fingerprint density at radius 1 is 1.67 bits per heavy atom. The van der Waals surface area contributed by atoms with Gasteiger partial charge in [0.1, 0.15) is 5.44 Å². The molecule has 1 rings (SSSR count). The maximum atomic E-state index is 10.3. The van der Waals surface area contributed by atoms with Crippen LogP contribution >= 0.6 is 7.60 Å². The van der Waals surface area contributed by atoms with Crippen molar-refractivity contribution in [2.75, 3.05) is 0 Å². The molecule has 0 amide bonds. The van der Waals surface area contributed by atoms with E-state index in [1.54, 1.807) is 0 Å². The van der Waals surface area contributed by atoms with Crippen molar-refractivity contribution in [3.8, 4) is 0 Å². The summed E-state index contributed by atoms with van der Waals surface area (Å²) in [6.07, 6.45) is 1.29. The van der Waals surface area contributed by atoms with Crippen LogP contribution in [-0.4, -0.2) is 20.0 Å². The normalized spacial score (nSPS) is 11.8. The fourth-order valence-electron chi connectivity index (χ4n) is 0.411. The lowest BCUT2D eigenvalue weighted by molar-refractivity contribution is 0.386. The van der Waals surface area contributed by atoms with Gasteiger partial charge in [-0.15, -0.1) is 0 Å². The smallest absolute Gasteiger partial charge is 0.320 e. The molecule has 0 fully saturated rings. The number of nitrogens with one attached hydrogen (secondary N) is 1. The Bertz CT molecular complexity index is 225. The Hall–Kier alpha value is -0.640. The van der Waals surface area contributed by atoms with E-state index in [4.69, 9.17) is 9.79 Å². The van der Waals surface area contributed by atoms with Crippen molar-refractivity contribution in [2.45, 2.75) is 0 Å². The van der Waals surface area contributed by atoms with Gasteiger partial charge < -0.3 is 9.79 Å². The number of rotatable bonds is 1. The van der Waals surface area contributed by atoms with Crippen molar-refractivity contribution in [1.82, 2.24) is 10.2 Å². The monoisotopic (exact) mass is 148 g/mol. The Kier molecular flexibility index (Phi) is 1.40. The molecule has 0 aromatic carbocycles. The van der Waals surface area contributed by atoms with Gasteiger partial charge in [0.05, 0.1) is 0 Å². The molecule has 0 unspecified atom stereocenters. The average Bonchev–Trinajstić information content (AvgIpc) is 2.08. The molecule has 5 nitrogen and oxygen atoms in total. The van der Waals surface area contributed by atoms with Crippen molar-refractivity contribution in [3.63, 3.8) is 0 Å². The summed E-state index contributed by atoms with van der Waals surface area (Å²) in [5, 5.41) is 5.54. The van der Waals surface area contributed by atoms with Crippen LogP contribution in [0.1, 0.15) is 0 Å². The lowest BCUT2D eigenvalue weighted by Crippen LogP contribution is -2.03. The average molecular weight is 148 g/mol. The quantitative estimate of drug-likeness (QED) is 0.455. The van der Waals surface area contributed by atoms with E-state index in [0.29, 0.717) is 0 Å². The predicted molar refractivity (Wildman–Crippen MR) is 30.3 cm³/mol. The summed E-state index contributed by atoms with van der Waals surface area (Å²) in [4.78, 5) is 16.8. The topological polar surface area (TPSA) is 86.2 Å². The van der Waals surface area contributed by atoms with Crippen LogP contribution in [0, 0.1) is 0 Å². The minimum absolute atomic E-state index is 0.150. The van der Waals surface area contributed by atoms with Gasteiger partial charge in [0.15, 0.2) is 0 Å². The molecule has 0 aliphatic rings. The van der Waals surface area contributed by atoms with Crippen molar-refractivity contribution in [2.24, 2.45) is 0 Å². The first-order chi connectivity index (χ1) is 4.11. The summed E-state index contributed by atoms with van der Waals surface area (Å²) in [6, 6.07) is 1.24. The first-order valence-electron chi connectivity index (χ1n) is 2.16. The van der Waals surface area contributed by atoms with Crippen molar-refractivity contribution >= 4 is 13.0 Å². The predicted octanol–water partition coefficient (Wildman–Crippen LogP) is -0.787. The molecule has 50 valence electrons. The molecule has 1 aromatic heterocycles. The molecule has 0 bridgehead atoms. The lowest BCUT2D eigenvalue weighted by Gasteiger charge is -1.95. The SMILES string of the molecule is O=P(O)(O)c1ccn[nH]1. The van der Waals surface area contributed by atoms with Gasteiger partial charge in [-0.3, -0.25) is 9.66 Å². The largest absolute Gasteiger partial charge is 0.373 e. The van der Waals surface area contributed by atoms with Crippen LogP contribution in [0.15, 0.2) is 12.3 Å². The molecule has 0 saturated carbocycles. The fourth-order valence-corrected chi connectivity index (χ4v) is 0.860. The van der Waals surface area contributed by atoms with Crippen LogP contribution < -0.4 is 5.44 Å². The van der Waals surface area contributed by atoms with Gasteiger partial charge in [-0.1, -0.05) is 0 Å². The van der Waals surface area contributed by atoms with Crippen LogP contribution in [0.25, 0.3) is 0 Å². The van der Waals surface area contributed by atoms with Gasteiger partial charge in [0.25, 0.3) is 0 Å². The summed E-state index contributed by atoms with van der Waals surface area (Å²) in [5.74, 6) is 0. The van der Waals surface area contributed by atoms with E-state index in [-0.39, 0.29) is 5.44 Å². The zero-order chi connectivity index (χ0) is 6.91. The molecule has 0 aliphatic heterocycles. The highest BCUT2D eigenvalue weighted by Gasteiger charge is 2.17. The molecule has 0 radical (unpaired) electrons. The summed E-state index contributed by atoms with van der Waals surface area (Å²) in [6.45, 7) is 0. The zero-order valence-electron chi connectivity index (χ0n) is 4.35. The molecule has 1 heterocycles. The zero-order valence-corrected chi connectivity index (χ0v) is 5.25. The van der Waals surface area contributed by atoms with E-state index in [9.17, 15) is 4.57 Å². The Labute approximate surface area is 50.9 Å². The molecule has 0 aliphatic carbocycles. The number of aromatic nitrogens is 2. The second-order valence-corrected chi connectivity index (χ2v) is 3.06. The maximum absolute atomic E-state index is 10.3. The Balaban J connectivity index is 3.04. The minimum Gasteiger partial charge on any atom is -0.320 e. The van der Waals surface area contributed by atoms with E-state index >= 15 is 0 Å². The van der Waals surface area contributed by atoms with Gasteiger partial charge in [-0.05, 0) is 6.07 Å². The number of nitrogens with zero attached hydrogens (tertiary/aromatic N) is 1. The Morgan fingerprint density at radius 2 is 2.33 bits per heavy atom. The highest BCUT2D eigenvalue weighted by Crippen LogP contribution is 2.31. The summed E-state index contributed by atoms with van der Waals surface area (Å²) in [7, 11) is -4.09. The third kappa shape index (κ3) is 1.38. The van der Waals surface area contributed by atoms with Crippen LogP contribution in [0.4, 0.5) is 0 Å². The molecule has 0 spiro atoms. The lowest BCUT2D eigenvalue weighted by atomic mass is 10.8. The van der Waals surface area contributed by atoms with Gasteiger partial charge >= 0.3 is 7.60 Å². The van der Waals surface area contributed by atoms with Crippen molar-refractivity contribution < 1.29 is 14.4 Å². The molecular formula is C3H5N2O3P. The van der Waals surface area contributed by atoms with E-state index in [1.165, 1.54) is 12.3 Å². The Morgan fingerprint density at radius 3 is 2.56 bits per heavy atom. The summed E-state index contributed by atoms with van der Waals surface area (Å²) in [5.41, 5.74) is -0.150. The van der Waals surface area contributed by atoms with E-state index < -0.39 is 7.60 Å². The molecule has 0 atom stereocenters. The second-order valence-electron chi connectivity index (χ2n) is 1.49. The van der Waals surface area contributed by atoms with E-state index in [2.05, 4.69) is 10.2 Å². The highest BCUT2D eigenvalue weighted by molar-refractivity contribution is 7.59. The van der Waals surface area contributed by atoms with Gasteiger partial charge in [-0.25, -0.2) is 0 Å². The second kappa shape index (κ2) is 1.95. The van der Waals surface area contributed by atoms with Gasteiger partial charge in [0, 0.05) is 6.20 Å². The molecular weight excluding hydrogens is 143 g/mol. The van der Waals surface area contributed by atoms with E-state index in [1.807, 2.05) is 0 Å². The third-order valence-corrected chi connectivity index (χ3v) is 1.68. The van der Waals surface area contributed by atoms with Crippen molar-refractivity contribution in [3.05, 3.63) is 12.3 Å². The van der Waals surface area contributed by atoms with Crippen LogP contribution in [0.5, 0.6) is 0 Å². The summed E-state index contributed by atoms with van der Waals surface area (Å²) >= 11 is 0. The number of hydrogen-bond donors (Lipinski definition) is 3. The molecule has 6 heteroatoms. The maximum Gasteiger partial charge on any atom is 0.373 e. The van der Waals surface area contributed by atoms with Crippen molar-refractivity contribution in [1.29, 1.82) is 0 Å². The molecule has 1 aromatic rings.